The van der Waals surface area contributed by atoms with Crippen LogP contribution in [0.15, 0.2) is 157 Å². The van der Waals surface area contributed by atoms with E-state index < -0.39 is 78.1 Å². The molecule has 12 heterocycles. The van der Waals surface area contributed by atoms with Gasteiger partial charge in [0.15, 0.2) is 12.8 Å². The van der Waals surface area contributed by atoms with Crippen molar-refractivity contribution in [2.45, 2.75) is 192 Å². The van der Waals surface area contributed by atoms with Crippen LogP contribution in [0.5, 0.6) is 0 Å². The first-order chi connectivity index (χ1) is 64.2. The summed E-state index contributed by atoms with van der Waals surface area (Å²) in [4.78, 5) is 69.6. The number of rotatable bonds is 24. The van der Waals surface area contributed by atoms with Crippen LogP contribution < -0.4 is 0 Å². The van der Waals surface area contributed by atoms with Crippen molar-refractivity contribution < 1.29 is 122 Å². The molecule has 9 aromatic rings. The number of nitrogens with zero attached hydrogens (tertiary/aromatic N) is 14. The van der Waals surface area contributed by atoms with Crippen molar-refractivity contribution in [3.63, 3.8) is 0 Å². The summed E-state index contributed by atoms with van der Waals surface area (Å²) in [6.45, 7) is 13.0. The molecule has 6 aliphatic heterocycles. The molecule has 0 radical (unpaired) electrons. The van der Waals surface area contributed by atoms with Crippen LogP contribution in [-0.2, 0) is 46.5 Å². The second kappa shape index (κ2) is 51.5. The van der Waals surface area contributed by atoms with Crippen LogP contribution >= 0.6 is 16.8 Å². The normalized spacial score (nSPS) is 26.3. The molecule has 20 atom stereocenters. The van der Waals surface area contributed by atoms with Gasteiger partial charge >= 0.3 is 0 Å². The van der Waals surface area contributed by atoms with Crippen LogP contribution in [-0.4, -0.2) is 245 Å². The van der Waals surface area contributed by atoms with Crippen molar-refractivity contribution in [1.82, 2.24) is 27.4 Å². The molecule has 0 saturated carbocycles. The number of aliphatic hydroxyl groups is 8. The molecule has 6 aromatic heterocycles. The van der Waals surface area contributed by atoms with Gasteiger partial charge in [-0.25, -0.2) is 0 Å². The van der Waals surface area contributed by atoms with Crippen LogP contribution in [0.2, 0.25) is 0 Å². The first-order valence-electron chi connectivity index (χ1n) is 43.6. The molecule has 0 spiro atoms. The van der Waals surface area contributed by atoms with E-state index in [1.165, 1.54) is 113 Å². The fraction of sp³-hybridized carbons (Fsp3) is 0.525. The fourth-order valence-electron chi connectivity index (χ4n) is 13.6. The Morgan fingerprint density at radius 2 is 0.722 bits per heavy atom. The van der Waals surface area contributed by atoms with Gasteiger partial charge in [0, 0.05) is 194 Å². The van der Waals surface area contributed by atoms with Crippen molar-refractivity contribution in [2.75, 3.05) is 68.1 Å². The number of aromatic nitrogens is 6. The molecule has 6 fully saturated rings. The number of hydrogen-bond acceptors (Lipinski definition) is 32. The van der Waals surface area contributed by atoms with Crippen molar-refractivity contribution in [2.24, 2.45) is 21.8 Å². The highest BCUT2D eigenvalue weighted by Gasteiger charge is 2.40. The van der Waals surface area contributed by atoms with E-state index in [9.17, 15) is 70.9 Å². The predicted octanol–water partition coefficient (Wildman–Crippen LogP) is 12.8. The summed E-state index contributed by atoms with van der Waals surface area (Å²) < 4.78 is 120. The van der Waals surface area contributed by atoms with Crippen LogP contribution in [0, 0.1) is 72.5 Å². The second-order valence-corrected chi connectivity index (χ2v) is 30.7. The predicted molar refractivity (Wildman–Crippen MR) is 466 cm³/mol. The smallest absolute Gasteiger partial charge is 0.286 e. The van der Waals surface area contributed by atoms with Gasteiger partial charge in [0.2, 0.25) is 22.5 Å². The van der Waals surface area contributed by atoms with Crippen LogP contribution in [0.1, 0.15) is 137 Å². The number of non-ortho nitro benzene ring substituents is 3. The zero-order chi connectivity index (χ0) is 99.0. The minimum Gasteiger partial charge on any atom is -0.437 e. The van der Waals surface area contributed by atoms with Gasteiger partial charge in [-0.3, -0.25) is 70.7 Å². The fourth-order valence-corrected chi connectivity index (χ4v) is 15.3. The third-order valence-corrected chi connectivity index (χ3v) is 22.0. The molecule has 0 bridgehead atoms. The number of benzene rings is 3. The van der Waals surface area contributed by atoms with E-state index in [1.807, 2.05) is 72.3 Å². The number of aliphatic hydroxyl groups excluding tert-OH is 8. The summed E-state index contributed by atoms with van der Waals surface area (Å²) in [5.74, 6) is 0.678. The maximum absolute atomic E-state index is 10.9. The Morgan fingerprint density at radius 3 is 1.04 bits per heavy atom. The zero-order valence-corrected chi connectivity index (χ0v) is 72.7. The molecule has 126 heavy (non-hydrogen) atoms. The lowest BCUT2D eigenvalue weighted by atomic mass is 10.1. The van der Waals surface area contributed by atoms with Gasteiger partial charge in [-0.15, -0.1) is 0 Å². The third-order valence-electron chi connectivity index (χ3n) is 20.1. The molecule has 6 aliphatic rings. The maximum Gasteiger partial charge on any atom is 0.286 e. The quantitative estimate of drug-likeness (QED) is 0.00915. The minimum atomic E-state index is -1.16. The van der Waals surface area contributed by atoms with E-state index in [2.05, 4.69) is 37.3 Å². The topological polar surface area (TPSA) is 567 Å². The van der Waals surface area contributed by atoms with Crippen LogP contribution in [0.4, 0.5) is 34.1 Å². The van der Waals surface area contributed by atoms with Crippen molar-refractivity contribution in [3.05, 3.63) is 207 Å². The Labute approximate surface area is 738 Å². The summed E-state index contributed by atoms with van der Waals surface area (Å²) in [5.41, 5.74) is 2.83. The molecule has 6 saturated heterocycles. The van der Waals surface area contributed by atoms with Crippen molar-refractivity contribution >= 4 is 96.4 Å². The summed E-state index contributed by atoms with van der Waals surface area (Å²) in [6.07, 6.45) is 15.0. The lowest BCUT2D eigenvalue weighted by Gasteiger charge is -2.18. The molecule has 694 valence electrons. The van der Waals surface area contributed by atoms with Gasteiger partial charge in [0.05, 0.1) is 127 Å². The molecule has 44 nitrogen and oxygen atoms in total. The molecule has 0 aliphatic carbocycles. The Hall–Kier alpha value is -10.3. The third kappa shape index (κ3) is 28.6. The van der Waals surface area contributed by atoms with E-state index in [0.29, 0.717) is 50.6 Å². The average Bonchev–Trinajstić information content (AvgIpc) is 1.65. The highest BCUT2D eigenvalue weighted by atomic mass is 31.2. The molecular formula is C80H114N14O30P2. The van der Waals surface area contributed by atoms with Crippen molar-refractivity contribution in [1.29, 1.82) is 5.72 Å². The van der Waals surface area contributed by atoms with Gasteiger partial charge in [0.1, 0.15) is 49.6 Å². The summed E-state index contributed by atoms with van der Waals surface area (Å²) >= 11 is 0. The van der Waals surface area contributed by atoms with E-state index in [1.54, 1.807) is 64.1 Å². The molecule has 3 aromatic carbocycles. The number of nitro benzene ring substituents is 3. The van der Waals surface area contributed by atoms with E-state index in [4.69, 9.17) is 67.9 Å². The maximum atomic E-state index is 10.9. The standard InChI is InChI=1S/C17H22N3O5P.C14H16N2O3.C13H20N3O5P.C13H14N2O5.C10H14N2O3.C9H12N2O5.4CH4O/c1-4-18-11-23-26(3)25-16-10-17(24-12(16)2)19-8-7-13-9-14(20(21)22)5-6-15(13)19;1-9-7-14(19-10(9)2)15-6-5-11-8-12(16(17)18)3-4-13(11)15;1-4-14-9-19-22(3)21-12-7-13(20-10(12)2)15-6-5-11(8-15)16(17)18;16-7-12-11(17)6-13(20-12)14-4-3-8-5-9(15(18)19)1-2-10(8)14;1-7-5-10(15-8(7)2)11-4-3-9(6-11)12(13)14;12-5-8-7(13)3-9(16-8)10-2-1-6(4-10)11(14)15;4*1-2/h5-9,11-12,16-17H,4,10H2,1-3H3;3-6,8-10,14H,7H2,1-2H3;5-6,8-10,12-13H,4,7H2,1-3H3;1-5,11-13,16-17H,6-7H2;3-4,6-8,10H,5H2,1-2H3;1-2,4,7-9,12-13H,3,5H2;4*2H,1H3/i3*2D;;2D;;4*2T. The molecule has 8 N–H and O–H groups in total. The van der Waals surface area contributed by atoms with Gasteiger partial charge in [0.25, 0.3) is 34.1 Å². The number of nitro groups is 6. The zero-order valence-electron chi connectivity index (χ0n) is 78.9. The SMILES string of the molecule is O=[N+]([O-])c1ccc2c(ccn2C2CC(O)C(CO)O2)c1.O=[N+]([O-])c1ccn(C2CC(O)C(CO)O2)c1.[2H]CC1OC(n2ccc([N+](=O)[O-])c2)CC1C.[2H]CC1OC(n2ccc([N+](=O)[O-])c2)CC1OP(C)OC=NCC.[2H]CC1OC(n2ccc3cc([N+](=O)[O-])ccc32)CC1C.[2H]CC1OC(n2ccc3cc([N+](=O)[O-])ccc32)CC1OP(C)OC=NCC.[3H]OC.[3H]OC.[3H]OC.[3H]OC. The van der Waals surface area contributed by atoms with Crippen LogP contribution in [0.25, 0.3) is 32.7 Å². The summed E-state index contributed by atoms with van der Waals surface area (Å²) in [5, 5.41) is 118. The van der Waals surface area contributed by atoms with Gasteiger partial charge in [-0.05, 0) is 103 Å². The summed E-state index contributed by atoms with van der Waals surface area (Å²) in [6, 6.07) is 23.9. The van der Waals surface area contributed by atoms with E-state index >= 15 is 0 Å². The number of aliphatic imine (C=N–C) groups is 2. The Kier molecular flexibility index (Phi) is 37.5. The van der Waals surface area contributed by atoms with E-state index in [0.717, 1.165) is 45.6 Å². The largest absolute Gasteiger partial charge is 0.437 e. The Bertz CT molecular complexity index is 4950. The molecular weight excluding hydrogens is 1700 g/mol. The molecule has 46 heteroatoms. The van der Waals surface area contributed by atoms with Crippen molar-refractivity contribution in [3.8, 4) is 0 Å². The van der Waals surface area contributed by atoms with Gasteiger partial charge < -0.3 is 115 Å². The van der Waals surface area contributed by atoms with E-state index in [-0.39, 0.29) is 142 Å². The first-order valence-corrected chi connectivity index (χ1v) is 42.4. The highest BCUT2D eigenvalue weighted by molar-refractivity contribution is 7.47. The number of hydrogen-bond donors (Lipinski definition) is 8. The number of ether oxygens (including phenoxy) is 6. The van der Waals surface area contributed by atoms with Crippen LogP contribution in [0.3, 0.4) is 0 Å². The Balaban J connectivity index is 0.000000243. The summed E-state index contributed by atoms with van der Waals surface area (Å²) in [7, 11) is 2.85. The number of fused-ring (bicyclic) bond motifs is 3. The molecule has 15 rings (SSSR count). The highest BCUT2D eigenvalue weighted by Crippen LogP contribution is 2.45. The molecule has 20 unspecified atom stereocenters. The average molecular weight is 1830 g/mol. The lowest BCUT2D eigenvalue weighted by Crippen LogP contribution is -2.24. The first kappa shape index (κ1) is 91.9. The second-order valence-electron chi connectivity index (χ2n) is 28.1. The monoisotopic (exact) mass is 1820 g/mol. The van der Waals surface area contributed by atoms with Gasteiger partial charge in [-0.1, -0.05) is 13.8 Å². The minimum absolute atomic E-state index is 0.0113. The molecule has 0 amide bonds. The van der Waals surface area contributed by atoms with Gasteiger partial charge in [-0.2, -0.15) is 0 Å². The lowest BCUT2D eigenvalue weighted by molar-refractivity contribution is -0.385. The Morgan fingerprint density at radius 1 is 0.437 bits per heavy atom.